The van der Waals surface area contributed by atoms with E-state index in [0.717, 1.165) is 39.2 Å². The number of pyridine rings is 1. The summed E-state index contributed by atoms with van der Waals surface area (Å²) in [6.45, 7) is 2.24. The van der Waals surface area contributed by atoms with Crippen LogP contribution >= 0.6 is 11.6 Å². The van der Waals surface area contributed by atoms with Crippen LogP contribution in [0.2, 0.25) is 5.02 Å². The molecule has 0 saturated carbocycles. The Morgan fingerprint density at radius 2 is 1.47 bits per heavy atom. The molecule has 1 aromatic heterocycles. The van der Waals surface area contributed by atoms with Crippen molar-refractivity contribution in [3.05, 3.63) is 89.1 Å². The van der Waals surface area contributed by atoms with Crippen molar-refractivity contribution < 1.29 is 23.8 Å². The Hall–Kier alpha value is -4.30. The van der Waals surface area contributed by atoms with Crippen LogP contribution in [0.25, 0.3) is 10.8 Å². The molecule has 1 N–H and O–H groups in total. The van der Waals surface area contributed by atoms with E-state index >= 15 is 0 Å². The van der Waals surface area contributed by atoms with Crippen LogP contribution in [0, 0.1) is 0 Å². The van der Waals surface area contributed by atoms with Gasteiger partial charge >= 0.3 is 6.09 Å². The molecule has 0 aliphatic rings. The molecule has 0 fully saturated rings. The van der Waals surface area contributed by atoms with Crippen molar-refractivity contribution in [2.75, 3.05) is 31.0 Å². The van der Waals surface area contributed by atoms with Gasteiger partial charge in [-0.3, -0.25) is 10.1 Å². The summed E-state index contributed by atoms with van der Waals surface area (Å²) in [7, 11) is 3.28. The molecule has 38 heavy (non-hydrogen) atoms. The van der Waals surface area contributed by atoms with Gasteiger partial charge in [-0.2, -0.15) is 0 Å². The van der Waals surface area contributed by atoms with Crippen molar-refractivity contribution in [3.8, 4) is 11.5 Å². The maximum absolute atomic E-state index is 12.1. The van der Waals surface area contributed by atoms with Crippen LogP contribution in [0.5, 0.6) is 11.5 Å². The highest BCUT2D eigenvalue weighted by Crippen LogP contribution is 2.31. The summed E-state index contributed by atoms with van der Waals surface area (Å²) in [6.07, 6.45) is 0.991. The summed E-state index contributed by atoms with van der Waals surface area (Å²) >= 11 is 6.50. The largest absolute Gasteiger partial charge is 0.497 e. The predicted octanol–water partition coefficient (Wildman–Crippen LogP) is 6.25. The monoisotopic (exact) mass is 533 g/mol. The zero-order valence-electron chi connectivity index (χ0n) is 21.4. The number of aromatic nitrogens is 1. The van der Waals surface area contributed by atoms with Crippen LogP contribution in [0.1, 0.15) is 18.1 Å². The standard InChI is InChI=1S/C29H28ClN3O5/c1-19(34)18-38-29(35)32-23-12-22-13-28(31-15-26(22)27(30)14-23)33(16-20-4-8-24(36-2)9-5-20)17-21-6-10-25(37-3)11-7-21/h4-15H,16-18H2,1-3H3,(H,32,35). The molecule has 3 aromatic carbocycles. The van der Waals surface area contributed by atoms with Gasteiger partial charge in [0.2, 0.25) is 0 Å². The summed E-state index contributed by atoms with van der Waals surface area (Å²) < 4.78 is 15.5. The number of ketones is 1. The van der Waals surface area contributed by atoms with Crippen LogP contribution in [0.15, 0.2) is 72.9 Å². The van der Waals surface area contributed by atoms with Gasteiger partial charge in [0.1, 0.15) is 17.3 Å². The van der Waals surface area contributed by atoms with E-state index in [1.165, 1.54) is 6.92 Å². The van der Waals surface area contributed by atoms with Gasteiger partial charge in [-0.1, -0.05) is 35.9 Å². The van der Waals surface area contributed by atoms with E-state index in [1.54, 1.807) is 32.5 Å². The van der Waals surface area contributed by atoms with Crippen LogP contribution in [-0.4, -0.2) is 37.7 Å². The van der Waals surface area contributed by atoms with Crippen molar-refractivity contribution in [1.82, 2.24) is 4.98 Å². The number of hydrogen-bond donors (Lipinski definition) is 1. The molecule has 4 aromatic rings. The number of carbonyl (C=O) groups excluding carboxylic acids is 2. The number of methoxy groups -OCH3 is 2. The fraction of sp³-hybridized carbons (Fsp3) is 0.207. The third-order valence-electron chi connectivity index (χ3n) is 5.81. The first kappa shape index (κ1) is 26.8. The Balaban J connectivity index is 1.65. The molecule has 0 unspecified atom stereocenters. The van der Waals surface area contributed by atoms with E-state index in [9.17, 15) is 9.59 Å². The number of amides is 1. The number of carbonyl (C=O) groups is 2. The molecule has 196 valence electrons. The first-order chi connectivity index (χ1) is 18.3. The minimum atomic E-state index is -0.731. The molecular formula is C29H28ClN3O5. The maximum atomic E-state index is 12.1. The highest BCUT2D eigenvalue weighted by Gasteiger charge is 2.14. The molecule has 0 aliphatic carbocycles. The van der Waals surface area contributed by atoms with Crippen molar-refractivity contribution in [3.63, 3.8) is 0 Å². The third-order valence-corrected chi connectivity index (χ3v) is 6.13. The Labute approximate surface area is 226 Å². The van der Waals surface area contributed by atoms with Gasteiger partial charge in [0.05, 0.1) is 19.2 Å². The highest BCUT2D eigenvalue weighted by atomic mass is 35.5. The zero-order chi connectivity index (χ0) is 27.1. The number of ether oxygens (including phenoxy) is 3. The lowest BCUT2D eigenvalue weighted by Crippen LogP contribution is -2.23. The second kappa shape index (κ2) is 12.3. The highest BCUT2D eigenvalue weighted by molar-refractivity contribution is 6.36. The molecule has 9 heteroatoms. The van der Waals surface area contributed by atoms with Crippen LogP contribution in [-0.2, 0) is 22.6 Å². The lowest BCUT2D eigenvalue weighted by Gasteiger charge is -2.25. The minimum Gasteiger partial charge on any atom is -0.497 e. The number of rotatable bonds is 10. The van der Waals surface area contributed by atoms with E-state index < -0.39 is 6.09 Å². The van der Waals surface area contributed by atoms with Crippen molar-refractivity contribution in [1.29, 1.82) is 0 Å². The molecular weight excluding hydrogens is 506 g/mol. The molecule has 0 saturated heterocycles. The smallest absolute Gasteiger partial charge is 0.412 e. The van der Waals surface area contributed by atoms with Crippen LogP contribution in [0.3, 0.4) is 0 Å². The van der Waals surface area contributed by atoms with Gasteiger partial charge in [0.15, 0.2) is 12.4 Å². The van der Waals surface area contributed by atoms with E-state index in [-0.39, 0.29) is 12.4 Å². The number of anilines is 2. The first-order valence-electron chi connectivity index (χ1n) is 11.9. The fourth-order valence-electron chi connectivity index (χ4n) is 3.89. The lowest BCUT2D eigenvalue weighted by molar-refractivity contribution is -0.119. The number of nitrogens with zero attached hydrogens (tertiary/aromatic N) is 2. The lowest BCUT2D eigenvalue weighted by atomic mass is 10.1. The SMILES string of the molecule is COc1ccc(CN(Cc2ccc(OC)cc2)c2cc3cc(NC(=O)OCC(C)=O)cc(Cl)c3cn2)cc1. The van der Waals surface area contributed by atoms with Gasteiger partial charge in [-0.25, -0.2) is 9.78 Å². The predicted molar refractivity (Wildman–Crippen MR) is 148 cm³/mol. The van der Waals surface area contributed by atoms with E-state index in [4.69, 9.17) is 30.8 Å². The molecule has 0 atom stereocenters. The van der Waals surface area contributed by atoms with Gasteiger partial charge in [-0.05, 0) is 65.9 Å². The van der Waals surface area contributed by atoms with Gasteiger partial charge in [-0.15, -0.1) is 0 Å². The summed E-state index contributed by atoms with van der Waals surface area (Å²) in [5.41, 5.74) is 2.62. The molecule has 0 spiro atoms. The minimum absolute atomic E-state index is 0.249. The molecule has 0 bridgehead atoms. The molecule has 8 nitrogen and oxygen atoms in total. The maximum Gasteiger partial charge on any atom is 0.412 e. The number of halogens is 1. The first-order valence-corrected chi connectivity index (χ1v) is 12.3. The average Bonchev–Trinajstić information content (AvgIpc) is 2.92. The van der Waals surface area contributed by atoms with Crippen LogP contribution < -0.4 is 19.7 Å². The Kier molecular flexibility index (Phi) is 8.66. The number of nitrogens with one attached hydrogen (secondary N) is 1. The number of fused-ring (bicyclic) bond motifs is 1. The molecule has 0 radical (unpaired) electrons. The Morgan fingerprint density at radius 3 is 2.00 bits per heavy atom. The third kappa shape index (κ3) is 6.92. The van der Waals surface area contributed by atoms with E-state index in [0.29, 0.717) is 23.8 Å². The Bertz CT molecular complexity index is 1380. The van der Waals surface area contributed by atoms with Gasteiger partial charge in [0, 0.05) is 30.4 Å². The topological polar surface area (TPSA) is 90.0 Å². The van der Waals surface area contributed by atoms with Crippen molar-refractivity contribution in [2.24, 2.45) is 0 Å². The number of Topliss-reactive ketones (excluding diaryl/α,β-unsaturated/α-hetero) is 1. The number of benzene rings is 3. The molecule has 0 aliphatic heterocycles. The molecule has 4 rings (SSSR count). The quantitative estimate of drug-likeness (QED) is 0.257. The summed E-state index contributed by atoms with van der Waals surface area (Å²) in [5, 5.41) is 4.59. The zero-order valence-corrected chi connectivity index (χ0v) is 22.1. The van der Waals surface area contributed by atoms with E-state index in [2.05, 4.69) is 10.2 Å². The Morgan fingerprint density at radius 1 is 0.895 bits per heavy atom. The fourth-order valence-corrected chi connectivity index (χ4v) is 4.16. The molecule has 1 heterocycles. The summed E-state index contributed by atoms with van der Waals surface area (Å²) in [6, 6.07) is 21.1. The van der Waals surface area contributed by atoms with Crippen LogP contribution in [0.4, 0.5) is 16.3 Å². The second-order valence-corrected chi connectivity index (χ2v) is 9.08. The van der Waals surface area contributed by atoms with Gasteiger partial charge < -0.3 is 19.1 Å². The average molecular weight is 534 g/mol. The number of hydrogen-bond acceptors (Lipinski definition) is 7. The normalized spacial score (nSPS) is 10.6. The summed E-state index contributed by atoms with van der Waals surface area (Å²) in [5.74, 6) is 2.06. The van der Waals surface area contributed by atoms with Crippen molar-refractivity contribution >= 4 is 45.8 Å². The summed E-state index contributed by atoms with van der Waals surface area (Å²) in [4.78, 5) is 30.0. The molecule has 1 amide bonds. The van der Waals surface area contributed by atoms with E-state index in [1.807, 2.05) is 54.6 Å². The second-order valence-electron chi connectivity index (χ2n) is 8.68. The van der Waals surface area contributed by atoms with Crippen molar-refractivity contribution in [2.45, 2.75) is 20.0 Å². The van der Waals surface area contributed by atoms with Gasteiger partial charge in [0.25, 0.3) is 0 Å².